The number of carbonyl (C=O) groups excluding carboxylic acids is 2. The largest absolute Gasteiger partial charge is 0.377 e. The average Bonchev–Trinajstić information content (AvgIpc) is 2.77. The zero-order valence-corrected chi connectivity index (χ0v) is 13.4. The minimum absolute atomic E-state index is 0.0501. The van der Waals surface area contributed by atoms with Crippen molar-refractivity contribution in [1.82, 2.24) is 10.2 Å². The highest BCUT2D eigenvalue weighted by atomic mass is 16.5. The Balaban J connectivity index is 1.58. The van der Waals surface area contributed by atoms with E-state index in [1.54, 1.807) is 9.80 Å². The van der Waals surface area contributed by atoms with Crippen LogP contribution in [0.1, 0.15) is 19.8 Å². The molecule has 6 nitrogen and oxygen atoms in total. The van der Waals surface area contributed by atoms with E-state index in [1.807, 2.05) is 37.3 Å². The molecule has 2 saturated heterocycles. The number of hydrogen-bond donors (Lipinski definition) is 1. The van der Waals surface area contributed by atoms with Crippen molar-refractivity contribution in [2.75, 3.05) is 31.1 Å². The van der Waals surface area contributed by atoms with E-state index in [-0.39, 0.29) is 24.1 Å². The molecule has 2 heterocycles. The number of anilines is 1. The second-order valence-corrected chi connectivity index (χ2v) is 6.17. The van der Waals surface area contributed by atoms with Crippen molar-refractivity contribution in [3.05, 3.63) is 30.3 Å². The molecule has 0 unspecified atom stereocenters. The summed E-state index contributed by atoms with van der Waals surface area (Å²) in [4.78, 5) is 28.1. The Bertz CT molecular complexity index is 563. The summed E-state index contributed by atoms with van der Waals surface area (Å²) in [6.07, 6.45) is 1.24. The van der Waals surface area contributed by atoms with Gasteiger partial charge in [-0.15, -0.1) is 0 Å². The molecular formula is C17H23N3O3. The van der Waals surface area contributed by atoms with Gasteiger partial charge in [0, 0.05) is 38.3 Å². The zero-order valence-electron chi connectivity index (χ0n) is 13.4. The van der Waals surface area contributed by atoms with Crippen molar-refractivity contribution in [1.29, 1.82) is 0 Å². The summed E-state index contributed by atoms with van der Waals surface area (Å²) in [6.45, 7) is 4.47. The van der Waals surface area contributed by atoms with Crippen LogP contribution in [0, 0.1) is 0 Å². The molecule has 2 aliphatic heterocycles. The normalized spacial score (nSPS) is 25.3. The maximum atomic E-state index is 12.4. The third-order valence-electron chi connectivity index (χ3n) is 4.26. The zero-order chi connectivity index (χ0) is 16.2. The van der Waals surface area contributed by atoms with Gasteiger partial charge in [0.25, 0.3) is 0 Å². The first kappa shape index (κ1) is 15.8. The van der Waals surface area contributed by atoms with Crippen molar-refractivity contribution in [2.24, 2.45) is 0 Å². The van der Waals surface area contributed by atoms with E-state index in [2.05, 4.69) is 5.32 Å². The van der Waals surface area contributed by atoms with E-state index in [0.717, 1.165) is 12.1 Å². The number of urea groups is 1. The van der Waals surface area contributed by atoms with Gasteiger partial charge >= 0.3 is 6.03 Å². The molecule has 0 aliphatic carbocycles. The van der Waals surface area contributed by atoms with Crippen LogP contribution in [0.15, 0.2) is 30.3 Å². The maximum absolute atomic E-state index is 12.4. The molecule has 0 bridgehead atoms. The van der Waals surface area contributed by atoms with Crippen LogP contribution in [0.2, 0.25) is 0 Å². The van der Waals surface area contributed by atoms with Crippen LogP contribution in [0.5, 0.6) is 0 Å². The molecule has 3 rings (SSSR count). The Morgan fingerprint density at radius 2 is 2.04 bits per heavy atom. The molecule has 0 aromatic heterocycles. The molecule has 124 valence electrons. The Labute approximate surface area is 136 Å². The van der Waals surface area contributed by atoms with Crippen LogP contribution in [0.4, 0.5) is 10.5 Å². The summed E-state index contributed by atoms with van der Waals surface area (Å²) in [5.41, 5.74) is 0.881. The average molecular weight is 317 g/mol. The first-order valence-electron chi connectivity index (χ1n) is 8.16. The maximum Gasteiger partial charge on any atom is 0.317 e. The third kappa shape index (κ3) is 3.82. The SMILES string of the molecule is C[C@H]1CN(C(=O)N[C@@H]2CC(=O)N(c3ccccc3)C2)CCCO1. The first-order valence-corrected chi connectivity index (χ1v) is 8.16. The van der Waals surface area contributed by atoms with Gasteiger partial charge in [-0.25, -0.2) is 4.79 Å². The second kappa shape index (κ2) is 7.00. The third-order valence-corrected chi connectivity index (χ3v) is 4.26. The molecular weight excluding hydrogens is 294 g/mol. The van der Waals surface area contributed by atoms with Gasteiger partial charge in [-0.2, -0.15) is 0 Å². The lowest BCUT2D eigenvalue weighted by atomic mass is 10.2. The number of nitrogens with zero attached hydrogens (tertiary/aromatic N) is 2. The van der Waals surface area contributed by atoms with Gasteiger partial charge < -0.3 is 19.9 Å². The molecule has 2 atom stereocenters. The Hall–Kier alpha value is -2.08. The highest BCUT2D eigenvalue weighted by Crippen LogP contribution is 2.21. The lowest BCUT2D eigenvalue weighted by Crippen LogP contribution is -2.47. The van der Waals surface area contributed by atoms with Crippen LogP contribution >= 0.6 is 0 Å². The van der Waals surface area contributed by atoms with Gasteiger partial charge in [0.05, 0.1) is 12.1 Å². The van der Waals surface area contributed by atoms with E-state index < -0.39 is 0 Å². The molecule has 2 aliphatic rings. The molecule has 3 amide bonds. The summed E-state index contributed by atoms with van der Waals surface area (Å²) in [5.74, 6) is 0.0501. The Morgan fingerprint density at radius 1 is 1.26 bits per heavy atom. The Morgan fingerprint density at radius 3 is 2.83 bits per heavy atom. The summed E-state index contributed by atoms with van der Waals surface area (Å²) < 4.78 is 5.56. The van der Waals surface area contributed by atoms with Gasteiger partial charge in [0.1, 0.15) is 0 Å². The highest BCUT2D eigenvalue weighted by molar-refractivity contribution is 5.96. The summed E-state index contributed by atoms with van der Waals surface area (Å²) >= 11 is 0. The van der Waals surface area contributed by atoms with Crippen molar-refractivity contribution in [3.8, 4) is 0 Å². The van der Waals surface area contributed by atoms with E-state index in [0.29, 0.717) is 32.7 Å². The highest BCUT2D eigenvalue weighted by Gasteiger charge is 2.32. The van der Waals surface area contributed by atoms with Crippen LogP contribution in [-0.2, 0) is 9.53 Å². The summed E-state index contributed by atoms with van der Waals surface area (Å²) in [5, 5.41) is 3.00. The van der Waals surface area contributed by atoms with Gasteiger partial charge in [-0.05, 0) is 25.5 Å². The number of amides is 3. The molecule has 0 spiro atoms. The molecule has 1 N–H and O–H groups in total. The van der Waals surface area contributed by atoms with E-state index in [4.69, 9.17) is 4.74 Å². The van der Waals surface area contributed by atoms with Gasteiger partial charge in [-0.1, -0.05) is 18.2 Å². The number of carbonyl (C=O) groups is 2. The summed E-state index contributed by atoms with van der Waals surface area (Å²) in [6, 6.07) is 9.32. The fourth-order valence-electron chi connectivity index (χ4n) is 3.11. The standard InChI is InChI=1S/C17H23N3O3/c1-13-11-19(8-5-9-23-13)17(22)18-14-10-16(21)20(12-14)15-6-3-2-4-7-15/h2-4,6-7,13-14H,5,8-12H2,1H3,(H,18,22)/t13-,14+/m0/s1. The Kier molecular flexibility index (Phi) is 4.81. The lowest BCUT2D eigenvalue weighted by molar-refractivity contribution is -0.117. The minimum atomic E-state index is -0.144. The number of rotatable bonds is 2. The number of hydrogen-bond acceptors (Lipinski definition) is 3. The quantitative estimate of drug-likeness (QED) is 0.901. The fraction of sp³-hybridized carbons (Fsp3) is 0.529. The van der Waals surface area contributed by atoms with Crippen molar-refractivity contribution < 1.29 is 14.3 Å². The number of ether oxygens (including phenoxy) is 1. The van der Waals surface area contributed by atoms with Gasteiger partial charge in [0.2, 0.25) is 5.91 Å². The van der Waals surface area contributed by atoms with Crippen molar-refractivity contribution >= 4 is 17.6 Å². The minimum Gasteiger partial charge on any atom is -0.377 e. The number of para-hydroxylation sites is 1. The van der Waals surface area contributed by atoms with Crippen LogP contribution in [0.3, 0.4) is 0 Å². The molecule has 1 aromatic carbocycles. The predicted octanol–water partition coefficient (Wildman–Crippen LogP) is 1.61. The van der Waals surface area contributed by atoms with E-state index >= 15 is 0 Å². The molecule has 6 heteroatoms. The van der Waals surface area contributed by atoms with E-state index in [1.165, 1.54) is 0 Å². The van der Waals surface area contributed by atoms with Crippen molar-refractivity contribution in [3.63, 3.8) is 0 Å². The van der Waals surface area contributed by atoms with Crippen LogP contribution in [0.25, 0.3) is 0 Å². The smallest absolute Gasteiger partial charge is 0.317 e. The van der Waals surface area contributed by atoms with Crippen molar-refractivity contribution in [2.45, 2.75) is 31.9 Å². The van der Waals surface area contributed by atoms with Crippen LogP contribution < -0.4 is 10.2 Å². The van der Waals surface area contributed by atoms with Crippen LogP contribution in [-0.4, -0.2) is 55.2 Å². The summed E-state index contributed by atoms with van der Waals surface area (Å²) in [7, 11) is 0. The number of benzene rings is 1. The molecule has 23 heavy (non-hydrogen) atoms. The second-order valence-electron chi connectivity index (χ2n) is 6.17. The molecule has 1 aromatic rings. The molecule has 0 saturated carbocycles. The lowest BCUT2D eigenvalue weighted by Gasteiger charge is -2.24. The predicted molar refractivity (Wildman–Crippen MR) is 87.3 cm³/mol. The number of nitrogens with one attached hydrogen (secondary N) is 1. The van der Waals surface area contributed by atoms with Gasteiger partial charge in [0.15, 0.2) is 0 Å². The van der Waals surface area contributed by atoms with E-state index in [9.17, 15) is 9.59 Å². The fourth-order valence-corrected chi connectivity index (χ4v) is 3.11. The first-order chi connectivity index (χ1) is 11.1. The topological polar surface area (TPSA) is 61.9 Å². The molecule has 2 fully saturated rings. The molecule has 0 radical (unpaired) electrons. The van der Waals surface area contributed by atoms with Gasteiger partial charge in [-0.3, -0.25) is 4.79 Å². The monoisotopic (exact) mass is 317 g/mol.